The molecule has 112 valence electrons. The van der Waals surface area contributed by atoms with E-state index in [0.29, 0.717) is 6.04 Å². The van der Waals surface area contributed by atoms with Gasteiger partial charge in [-0.3, -0.25) is 0 Å². The summed E-state index contributed by atoms with van der Waals surface area (Å²) < 4.78 is 5.86. The van der Waals surface area contributed by atoms with E-state index in [1.165, 1.54) is 16.8 Å². The summed E-state index contributed by atoms with van der Waals surface area (Å²) in [6.45, 7) is 9.18. The zero-order valence-electron chi connectivity index (χ0n) is 13.1. The molecule has 1 N–H and O–H groups in total. The highest BCUT2D eigenvalue weighted by Gasteiger charge is 2.26. The van der Waals surface area contributed by atoms with Gasteiger partial charge in [-0.25, -0.2) is 0 Å². The van der Waals surface area contributed by atoms with Crippen LogP contribution >= 0.6 is 0 Å². The van der Waals surface area contributed by atoms with Gasteiger partial charge in [0.1, 0.15) is 11.5 Å². The highest BCUT2D eigenvalue weighted by atomic mass is 16.3. The summed E-state index contributed by atoms with van der Waals surface area (Å²) in [6, 6.07) is 11.5. The van der Waals surface area contributed by atoms with Gasteiger partial charge in [0, 0.05) is 23.8 Å². The zero-order chi connectivity index (χ0) is 14.8. The Balaban J connectivity index is 1.79. The predicted molar refractivity (Wildman–Crippen MR) is 86.6 cm³/mol. The zero-order valence-corrected chi connectivity index (χ0v) is 13.1. The lowest BCUT2D eigenvalue weighted by Crippen LogP contribution is -2.28. The Hall–Kier alpha value is -1.74. The molecule has 1 unspecified atom stereocenters. The van der Waals surface area contributed by atoms with Crippen LogP contribution in [0.25, 0.3) is 0 Å². The third-order valence-corrected chi connectivity index (χ3v) is 4.31. The van der Waals surface area contributed by atoms with Gasteiger partial charge in [0.2, 0.25) is 0 Å². The molecule has 1 atom stereocenters. The van der Waals surface area contributed by atoms with Crippen molar-refractivity contribution in [1.29, 1.82) is 0 Å². The van der Waals surface area contributed by atoms with Crippen LogP contribution in [0.3, 0.4) is 0 Å². The summed E-state index contributed by atoms with van der Waals surface area (Å²) in [6.07, 6.45) is 1.14. The lowest BCUT2D eigenvalue weighted by molar-refractivity contribution is 0.462. The van der Waals surface area contributed by atoms with Gasteiger partial charge >= 0.3 is 0 Å². The molecule has 0 spiro atoms. The Labute approximate surface area is 127 Å². The number of aryl methyl sites for hydroxylation is 1. The summed E-state index contributed by atoms with van der Waals surface area (Å²) >= 11 is 0. The normalized spacial score (nSPS) is 17.3. The van der Waals surface area contributed by atoms with Gasteiger partial charge in [0.15, 0.2) is 0 Å². The second kappa shape index (κ2) is 5.94. The first-order chi connectivity index (χ1) is 10.2. The minimum Gasteiger partial charge on any atom is -0.465 e. The van der Waals surface area contributed by atoms with E-state index < -0.39 is 0 Å². The molecule has 0 aliphatic carbocycles. The fraction of sp³-hybridized carbons (Fsp3) is 0.444. The summed E-state index contributed by atoms with van der Waals surface area (Å²) in [4.78, 5) is 2.49. The number of fused-ring (bicyclic) bond motifs is 1. The highest BCUT2D eigenvalue weighted by Crippen LogP contribution is 2.33. The van der Waals surface area contributed by atoms with Gasteiger partial charge < -0.3 is 14.6 Å². The number of hydrogen-bond acceptors (Lipinski definition) is 3. The molecule has 0 amide bonds. The third-order valence-electron chi connectivity index (χ3n) is 4.31. The van der Waals surface area contributed by atoms with Crippen molar-refractivity contribution in [1.82, 2.24) is 5.32 Å². The van der Waals surface area contributed by atoms with E-state index in [2.05, 4.69) is 61.3 Å². The largest absolute Gasteiger partial charge is 0.465 e. The standard InChI is InChI=1S/C18H24N2O/c1-4-19-11-17-10-16(14(3)21-17)12-20-13(2)9-15-7-5-6-8-18(15)20/h5-8,10,13,19H,4,9,11-12H2,1-3H3. The van der Waals surface area contributed by atoms with Crippen LogP contribution in [-0.2, 0) is 19.5 Å². The molecule has 3 rings (SSSR count). The highest BCUT2D eigenvalue weighted by molar-refractivity contribution is 5.59. The number of furan rings is 1. The van der Waals surface area contributed by atoms with Crippen LogP contribution in [0.5, 0.6) is 0 Å². The molecule has 3 heteroatoms. The van der Waals surface area contributed by atoms with Crippen molar-refractivity contribution in [2.24, 2.45) is 0 Å². The molecule has 0 bridgehead atoms. The van der Waals surface area contributed by atoms with E-state index in [4.69, 9.17) is 4.42 Å². The van der Waals surface area contributed by atoms with Crippen molar-refractivity contribution in [2.75, 3.05) is 11.4 Å². The Morgan fingerprint density at radius 2 is 2.14 bits per heavy atom. The molecule has 0 saturated carbocycles. The average Bonchev–Trinajstić information content (AvgIpc) is 2.98. The number of anilines is 1. The second-order valence-corrected chi connectivity index (χ2v) is 5.88. The fourth-order valence-corrected chi connectivity index (χ4v) is 3.13. The predicted octanol–water partition coefficient (Wildman–Crippen LogP) is 3.65. The Bertz CT molecular complexity index is 617. The third kappa shape index (κ3) is 2.84. The minimum atomic E-state index is 0.550. The van der Waals surface area contributed by atoms with Gasteiger partial charge in [-0.2, -0.15) is 0 Å². The van der Waals surface area contributed by atoms with Crippen LogP contribution in [-0.4, -0.2) is 12.6 Å². The summed E-state index contributed by atoms with van der Waals surface area (Å²) in [5, 5.41) is 3.32. The second-order valence-electron chi connectivity index (χ2n) is 5.88. The van der Waals surface area contributed by atoms with Crippen molar-refractivity contribution < 1.29 is 4.42 Å². The van der Waals surface area contributed by atoms with Crippen molar-refractivity contribution in [3.8, 4) is 0 Å². The molecule has 0 radical (unpaired) electrons. The summed E-state index contributed by atoms with van der Waals surface area (Å²) in [5.74, 6) is 2.07. The van der Waals surface area contributed by atoms with E-state index in [1.807, 2.05) is 0 Å². The maximum absolute atomic E-state index is 5.86. The van der Waals surface area contributed by atoms with Gasteiger partial charge in [0.25, 0.3) is 0 Å². The molecular formula is C18H24N2O. The van der Waals surface area contributed by atoms with Gasteiger partial charge in [-0.15, -0.1) is 0 Å². The Morgan fingerprint density at radius 1 is 1.33 bits per heavy atom. The van der Waals surface area contributed by atoms with Crippen LogP contribution in [0, 0.1) is 6.92 Å². The SMILES string of the molecule is CCNCc1cc(CN2c3ccccc3CC2C)c(C)o1. The molecule has 1 aromatic carbocycles. The molecule has 2 aromatic rings. The number of nitrogens with zero attached hydrogens (tertiary/aromatic N) is 1. The number of benzene rings is 1. The quantitative estimate of drug-likeness (QED) is 0.908. The first-order valence-corrected chi connectivity index (χ1v) is 7.82. The first kappa shape index (κ1) is 14.2. The minimum absolute atomic E-state index is 0.550. The van der Waals surface area contributed by atoms with E-state index in [-0.39, 0.29) is 0 Å². The van der Waals surface area contributed by atoms with Crippen molar-refractivity contribution >= 4 is 5.69 Å². The molecule has 0 fully saturated rings. The lowest BCUT2D eigenvalue weighted by atomic mass is 10.1. The van der Waals surface area contributed by atoms with Gasteiger partial charge in [-0.1, -0.05) is 25.1 Å². The van der Waals surface area contributed by atoms with E-state index in [0.717, 1.165) is 37.6 Å². The van der Waals surface area contributed by atoms with Gasteiger partial charge in [-0.05, 0) is 44.5 Å². The number of rotatable bonds is 5. The lowest BCUT2D eigenvalue weighted by Gasteiger charge is -2.24. The van der Waals surface area contributed by atoms with E-state index >= 15 is 0 Å². The van der Waals surface area contributed by atoms with Crippen molar-refractivity contribution in [2.45, 2.75) is 46.3 Å². The Kier molecular flexibility index (Phi) is 4.02. The molecule has 2 heterocycles. The van der Waals surface area contributed by atoms with Crippen LogP contribution in [0.1, 0.15) is 36.5 Å². The fourth-order valence-electron chi connectivity index (χ4n) is 3.13. The van der Waals surface area contributed by atoms with Crippen LogP contribution in [0.4, 0.5) is 5.69 Å². The Morgan fingerprint density at radius 3 is 2.95 bits per heavy atom. The number of nitrogens with one attached hydrogen (secondary N) is 1. The van der Waals surface area contributed by atoms with Crippen LogP contribution in [0.2, 0.25) is 0 Å². The maximum atomic E-state index is 5.86. The first-order valence-electron chi connectivity index (χ1n) is 7.82. The average molecular weight is 284 g/mol. The van der Waals surface area contributed by atoms with Gasteiger partial charge in [0.05, 0.1) is 6.54 Å². The number of para-hydroxylation sites is 1. The summed E-state index contributed by atoms with van der Waals surface area (Å²) in [5.41, 5.74) is 4.13. The molecular weight excluding hydrogens is 260 g/mol. The smallest absolute Gasteiger partial charge is 0.118 e. The van der Waals surface area contributed by atoms with Crippen LogP contribution < -0.4 is 10.2 Å². The van der Waals surface area contributed by atoms with Crippen molar-refractivity contribution in [3.05, 3.63) is 53.0 Å². The van der Waals surface area contributed by atoms with Crippen molar-refractivity contribution in [3.63, 3.8) is 0 Å². The molecule has 0 saturated heterocycles. The topological polar surface area (TPSA) is 28.4 Å². The monoisotopic (exact) mass is 284 g/mol. The van der Waals surface area contributed by atoms with Crippen LogP contribution in [0.15, 0.2) is 34.7 Å². The number of hydrogen-bond donors (Lipinski definition) is 1. The maximum Gasteiger partial charge on any atom is 0.118 e. The molecule has 21 heavy (non-hydrogen) atoms. The van der Waals surface area contributed by atoms with E-state index in [1.54, 1.807) is 0 Å². The molecule has 1 aliphatic heterocycles. The molecule has 3 nitrogen and oxygen atoms in total. The molecule has 1 aromatic heterocycles. The summed E-state index contributed by atoms with van der Waals surface area (Å²) in [7, 11) is 0. The van der Waals surface area contributed by atoms with E-state index in [9.17, 15) is 0 Å². The molecule has 1 aliphatic rings.